The van der Waals surface area contributed by atoms with Gasteiger partial charge in [-0.3, -0.25) is 4.98 Å². The molecule has 1 heterocycles. The zero-order chi connectivity index (χ0) is 9.42. The fourth-order valence-electron chi connectivity index (χ4n) is 1.17. The van der Waals surface area contributed by atoms with E-state index in [4.69, 9.17) is 0 Å². The van der Waals surface area contributed by atoms with E-state index in [2.05, 4.69) is 9.97 Å². The monoisotopic (exact) mass is 180 g/mol. The number of fused-ring (bicyclic) bond motifs is 1. The molecule has 0 saturated heterocycles. The molecule has 0 atom stereocenters. The van der Waals surface area contributed by atoms with Gasteiger partial charge < -0.3 is 0 Å². The Hall–Kier alpha value is -1.58. The highest BCUT2D eigenvalue weighted by molar-refractivity contribution is 5.75. The van der Waals surface area contributed by atoms with Gasteiger partial charge in [-0.1, -0.05) is 0 Å². The molecular formula is C9H6F2N2. The molecule has 2 rings (SSSR count). The van der Waals surface area contributed by atoms with E-state index in [1.165, 1.54) is 25.4 Å². The topological polar surface area (TPSA) is 25.8 Å². The Kier molecular flexibility index (Phi) is 1.69. The first-order valence-electron chi connectivity index (χ1n) is 3.75. The molecular weight excluding hydrogens is 174 g/mol. The highest BCUT2D eigenvalue weighted by Gasteiger charge is 2.11. The van der Waals surface area contributed by atoms with Crippen molar-refractivity contribution in [1.82, 2.24) is 9.97 Å². The molecule has 66 valence electrons. The molecule has 0 fully saturated rings. The SMILES string of the molecule is Cc1cc2nccnc2c(F)c1F. The van der Waals surface area contributed by atoms with Crippen LogP contribution in [0.5, 0.6) is 0 Å². The lowest BCUT2D eigenvalue weighted by atomic mass is 10.2. The minimum absolute atomic E-state index is 0.0226. The molecule has 0 aliphatic heterocycles. The number of halogens is 2. The average Bonchev–Trinajstić information content (AvgIpc) is 2.15. The van der Waals surface area contributed by atoms with Gasteiger partial charge in [0.15, 0.2) is 11.6 Å². The van der Waals surface area contributed by atoms with E-state index in [1.807, 2.05) is 0 Å². The molecule has 0 saturated carbocycles. The Labute approximate surface area is 73.2 Å². The van der Waals surface area contributed by atoms with Crippen molar-refractivity contribution < 1.29 is 8.78 Å². The standard InChI is InChI=1S/C9H6F2N2/c1-5-4-6-9(8(11)7(5)10)13-3-2-12-6/h2-4H,1H3. The van der Waals surface area contributed by atoms with Gasteiger partial charge in [0.2, 0.25) is 0 Å². The number of nitrogens with zero attached hydrogens (tertiary/aromatic N) is 2. The molecule has 4 heteroatoms. The van der Waals surface area contributed by atoms with Crippen LogP contribution >= 0.6 is 0 Å². The molecule has 1 aromatic carbocycles. The third kappa shape index (κ3) is 1.14. The molecule has 0 spiro atoms. The minimum Gasteiger partial charge on any atom is -0.253 e. The Bertz CT molecular complexity index is 468. The summed E-state index contributed by atoms with van der Waals surface area (Å²) in [5, 5.41) is 0. The highest BCUT2D eigenvalue weighted by atomic mass is 19.2. The molecule has 0 unspecified atom stereocenters. The molecule has 0 radical (unpaired) electrons. The van der Waals surface area contributed by atoms with Crippen LogP contribution in [0.25, 0.3) is 11.0 Å². The van der Waals surface area contributed by atoms with Gasteiger partial charge in [0.05, 0.1) is 5.52 Å². The Morgan fingerprint density at radius 2 is 1.77 bits per heavy atom. The van der Waals surface area contributed by atoms with Crippen LogP contribution < -0.4 is 0 Å². The first-order valence-corrected chi connectivity index (χ1v) is 3.75. The molecule has 0 amide bonds. The van der Waals surface area contributed by atoms with Gasteiger partial charge in [0, 0.05) is 12.4 Å². The fourth-order valence-corrected chi connectivity index (χ4v) is 1.17. The molecule has 0 bridgehead atoms. The number of aromatic nitrogens is 2. The van der Waals surface area contributed by atoms with Crippen molar-refractivity contribution >= 4 is 11.0 Å². The summed E-state index contributed by atoms with van der Waals surface area (Å²) in [4.78, 5) is 7.58. The third-order valence-electron chi connectivity index (χ3n) is 1.83. The van der Waals surface area contributed by atoms with Crippen LogP contribution in [0.1, 0.15) is 5.56 Å². The lowest BCUT2D eigenvalue weighted by Crippen LogP contribution is -1.94. The Morgan fingerprint density at radius 3 is 2.54 bits per heavy atom. The van der Waals surface area contributed by atoms with Crippen molar-refractivity contribution in [2.45, 2.75) is 6.92 Å². The van der Waals surface area contributed by atoms with Gasteiger partial charge >= 0.3 is 0 Å². The second kappa shape index (κ2) is 2.73. The fraction of sp³-hybridized carbons (Fsp3) is 0.111. The summed E-state index contributed by atoms with van der Waals surface area (Å²) < 4.78 is 26.2. The van der Waals surface area contributed by atoms with E-state index in [0.717, 1.165) is 0 Å². The van der Waals surface area contributed by atoms with Crippen molar-refractivity contribution in [3.63, 3.8) is 0 Å². The van der Waals surface area contributed by atoms with Gasteiger partial charge in [-0.25, -0.2) is 13.8 Å². The van der Waals surface area contributed by atoms with Crippen LogP contribution in [0, 0.1) is 18.6 Å². The number of rotatable bonds is 0. The molecule has 1 aromatic heterocycles. The second-order valence-corrected chi connectivity index (χ2v) is 2.75. The number of aryl methyl sites for hydroxylation is 1. The maximum atomic E-state index is 13.2. The van der Waals surface area contributed by atoms with Crippen LogP contribution in [-0.4, -0.2) is 9.97 Å². The summed E-state index contributed by atoms with van der Waals surface area (Å²) in [6.07, 6.45) is 2.78. The average molecular weight is 180 g/mol. The Morgan fingerprint density at radius 1 is 1.08 bits per heavy atom. The molecule has 0 N–H and O–H groups in total. The van der Waals surface area contributed by atoms with Gasteiger partial charge in [0.25, 0.3) is 0 Å². The van der Waals surface area contributed by atoms with E-state index in [9.17, 15) is 8.78 Å². The summed E-state index contributed by atoms with van der Waals surface area (Å²) in [5.41, 5.74) is 0.593. The Balaban J connectivity index is 2.94. The summed E-state index contributed by atoms with van der Waals surface area (Å²) in [6, 6.07) is 1.47. The normalized spacial score (nSPS) is 10.7. The van der Waals surface area contributed by atoms with Gasteiger partial charge in [0.1, 0.15) is 5.52 Å². The van der Waals surface area contributed by atoms with E-state index in [0.29, 0.717) is 5.52 Å². The van der Waals surface area contributed by atoms with Gasteiger partial charge in [-0.2, -0.15) is 0 Å². The van der Waals surface area contributed by atoms with Crippen LogP contribution in [0.2, 0.25) is 0 Å². The van der Waals surface area contributed by atoms with Crippen molar-refractivity contribution in [2.24, 2.45) is 0 Å². The molecule has 0 aliphatic rings. The largest absolute Gasteiger partial charge is 0.253 e. The van der Waals surface area contributed by atoms with Crippen LogP contribution in [-0.2, 0) is 0 Å². The molecule has 0 aliphatic carbocycles. The van der Waals surface area contributed by atoms with E-state index in [-0.39, 0.29) is 11.1 Å². The van der Waals surface area contributed by atoms with Gasteiger partial charge in [-0.15, -0.1) is 0 Å². The number of benzene rings is 1. The highest BCUT2D eigenvalue weighted by Crippen LogP contribution is 2.19. The maximum absolute atomic E-state index is 13.2. The lowest BCUT2D eigenvalue weighted by molar-refractivity contribution is 0.509. The van der Waals surface area contributed by atoms with E-state index in [1.54, 1.807) is 0 Å². The number of hydrogen-bond acceptors (Lipinski definition) is 2. The summed E-state index contributed by atoms with van der Waals surface area (Å²) in [5.74, 6) is -1.78. The zero-order valence-corrected chi connectivity index (χ0v) is 6.88. The van der Waals surface area contributed by atoms with E-state index >= 15 is 0 Å². The number of hydrogen-bond donors (Lipinski definition) is 0. The van der Waals surface area contributed by atoms with Crippen LogP contribution in [0.4, 0.5) is 8.78 Å². The molecule has 13 heavy (non-hydrogen) atoms. The van der Waals surface area contributed by atoms with Crippen LogP contribution in [0.15, 0.2) is 18.5 Å². The third-order valence-corrected chi connectivity index (χ3v) is 1.83. The summed E-state index contributed by atoms with van der Waals surface area (Å²) in [6.45, 7) is 1.49. The van der Waals surface area contributed by atoms with Crippen molar-refractivity contribution in [3.05, 3.63) is 35.7 Å². The summed E-state index contributed by atoms with van der Waals surface area (Å²) >= 11 is 0. The maximum Gasteiger partial charge on any atom is 0.186 e. The minimum atomic E-state index is -0.928. The van der Waals surface area contributed by atoms with Gasteiger partial charge in [-0.05, 0) is 18.6 Å². The van der Waals surface area contributed by atoms with E-state index < -0.39 is 11.6 Å². The first-order chi connectivity index (χ1) is 6.20. The molecule has 2 nitrogen and oxygen atoms in total. The zero-order valence-electron chi connectivity index (χ0n) is 6.88. The molecule has 2 aromatic rings. The lowest BCUT2D eigenvalue weighted by Gasteiger charge is -2.01. The van der Waals surface area contributed by atoms with Crippen molar-refractivity contribution in [3.8, 4) is 0 Å². The van der Waals surface area contributed by atoms with Crippen molar-refractivity contribution in [1.29, 1.82) is 0 Å². The summed E-state index contributed by atoms with van der Waals surface area (Å²) in [7, 11) is 0. The predicted octanol–water partition coefficient (Wildman–Crippen LogP) is 2.22. The smallest absolute Gasteiger partial charge is 0.186 e. The second-order valence-electron chi connectivity index (χ2n) is 2.75. The first kappa shape index (κ1) is 8.04. The van der Waals surface area contributed by atoms with Crippen LogP contribution in [0.3, 0.4) is 0 Å². The van der Waals surface area contributed by atoms with Crippen molar-refractivity contribution in [2.75, 3.05) is 0 Å². The quantitative estimate of drug-likeness (QED) is 0.621. The predicted molar refractivity (Wildman–Crippen MR) is 44.2 cm³/mol.